The van der Waals surface area contributed by atoms with Crippen molar-refractivity contribution in [2.24, 2.45) is 7.05 Å². The third-order valence-corrected chi connectivity index (χ3v) is 4.40. The molecule has 0 atom stereocenters. The average Bonchev–Trinajstić information content (AvgIpc) is 3.07. The molecule has 10 heteroatoms. The summed E-state index contributed by atoms with van der Waals surface area (Å²) < 4.78 is 13.0. The second-order valence-electron chi connectivity index (χ2n) is 6.50. The molecule has 1 aromatic heterocycles. The van der Waals surface area contributed by atoms with Crippen molar-refractivity contribution in [2.75, 3.05) is 44.8 Å². The Morgan fingerprint density at radius 1 is 1.07 bits per heavy atom. The van der Waals surface area contributed by atoms with Crippen molar-refractivity contribution < 1.29 is 9.47 Å². The van der Waals surface area contributed by atoms with Gasteiger partial charge in [0.2, 0.25) is 5.95 Å². The molecule has 0 unspecified atom stereocenters. The van der Waals surface area contributed by atoms with Crippen molar-refractivity contribution in [3.8, 4) is 5.75 Å². The maximum atomic E-state index is 5.81. The summed E-state index contributed by atoms with van der Waals surface area (Å²) in [4.78, 5) is 2.52. The van der Waals surface area contributed by atoms with Crippen LogP contribution in [0.5, 0.6) is 5.75 Å². The maximum absolute atomic E-state index is 5.81. The average molecular weight is 433 g/mol. The van der Waals surface area contributed by atoms with Crippen molar-refractivity contribution in [3.63, 3.8) is 0 Å². The quantitative estimate of drug-likeness (QED) is 0.577. The van der Waals surface area contributed by atoms with E-state index in [4.69, 9.17) is 9.47 Å². The molecule has 1 aliphatic rings. The second kappa shape index (κ2) is 13.5. The lowest BCUT2D eigenvalue weighted by Crippen LogP contribution is -2.29. The van der Waals surface area contributed by atoms with Gasteiger partial charge in [-0.3, -0.25) is 4.90 Å². The first-order valence-electron chi connectivity index (χ1n) is 9.29. The van der Waals surface area contributed by atoms with Gasteiger partial charge in [0.1, 0.15) is 12.4 Å². The number of benzene rings is 1. The zero-order valence-electron chi connectivity index (χ0n) is 16.2. The third-order valence-electron chi connectivity index (χ3n) is 4.40. The summed E-state index contributed by atoms with van der Waals surface area (Å²) >= 11 is 0. The maximum Gasteiger partial charge on any atom is 0.242 e. The van der Waals surface area contributed by atoms with Crippen LogP contribution in [0.4, 0.5) is 5.95 Å². The van der Waals surface area contributed by atoms with Crippen LogP contribution in [0.2, 0.25) is 0 Å². The number of ether oxygens (including phenoxy) is 2. The second-order valence-corrected chi connectivity index (χ2v) is 6.50. The Labute approximate surface area is 178 Å². The molecule has 2 heterocycles. The molecule has 158 valence electrons. The number of aryl methyl sites for hydroxylation is 1. The summed E-state index contributed by atoms with van der Waals surface area (Å²) in [6.45, 7) is 5.74. The van der Waals surface area contributed by atoms with Crippen LogP contribution >= 0.6 is 24.8 Å². The Kier molecular flexibility index (Phi) is 11.8. The molecule has 0 spiro atoms. The van der Waals surface area contributed by atoms with E-state index in [0.717, 1.165) is 12.3 Å². The molecule has 8 nitrogen and oxygen atoms in total. The minimum absolute atomic E-state index is 0. The molecule has 1 fully saturated rings. The molecule has 0 saturated carbocycles. The number of likely N-dealkylation sites (tertiary alicyclic amines) is 1. The number of hydrogen-bond donors (Lipinski definition) is 1. The summed E-state index contributed by atoms with van der Waals surface area (Å²) in [5.41, 5.74) is 1.31. The van der Waals surface area contributed by atoms with E-state index >= 15 is 0 Å². The zero-order chi connectivity index (χ0) is 18.0. The number of hydrogen-bond acceptors (Lipinski definition) is 7. The van der Waals surface area contributed by atoms with Gasteiger partial charge in [0.25, 0.3) is 0 Å². The van der Waals surface area contributed by atoms with Crippen molar-refractivity contribution in [1.29, 1.82) is 0 Å². The van der Waals surface area contributed by atoms with Crippen LogP contribution in [0.1, 0.15) is 24.8 Å². The van der Waals surface area contributed by atoms with Crippen LogP contribution in [0.3, 0.4) is 0 Å². The Balaban J connectivity index is 0.00000196. The van der Waals surface area contributed by atoms with Gasteiger partial charge in [-0.05, 0) is 54.1 Å². The van der Waals surface area contributed by atoms with Gasteiger partial charge in [-0.2, -0.15) is 0 Å². The fourth-order valence-corrected chi connectivity index (χ4v) is 3.04. The molecule has 0 aliphatic carbocycles. The van der Waals surface area contributed by atoms with E-state index in [-0.39, 0.29) is 24.8 Å². The van der Waals surface area contributed by atoms with Gasteiger partial charge in [0.05, 0.1) is 13.2 Å². The van der Waals surface area contributed by atoms with Crippen LogP contribution in [0.25, 0.3) is 0 Å². The molecule has 1 saturated heterocycles. The highest BCUT2D eigenvalue weighted by molar-refractivity contribution is 5.85. The predicted molar refractivity (Wildman–Crippen MR) is 114 cm³/mol. The van der Waals surface area contributed by atoms with Crippen molar-refractivity contribution in [3.05, 3.63) is 29.8 Å². The van der Waals surface area contributed by atoms with E-state index in [1.54, 1.807) is 11.7 Å². The largest absolute Gasteiger partial charge is 0.491 e. The topological polar surface area (TPSA) is 77.3 Å². The van der Waals surface area contributed by atoms with Gasteiger partial charge in [0, 0.05) is 20.1 Å². The molecule has 0 bridgehead atoms. The SMILES string of the molecule is Cl.Cl.Cn1nnnc1NCCOCCOc1cccc(CN2CCCCC2)c1. The van der Waals surface area contributed by atoms with E-state index in [2.05, 4.69) is 43.9 Å². The highest BCUT2D eigenvalue weighted by Crippen LogP contribution is 2.17. The van der Waals surface area contributed by atoms with E-state index in [1.807, 2.05) is 6.07 Å². The number of halogens is 2. The molecular weight excluding hydrogens is 403 g/mol. The number of piperidine rings is 1. The summed E-state index contributed by atoms with van der Waals surface area (Å²) in [5.74, 6) is 1.54. The lowest BCUT2D eigenvalue weighted by molar-refractivity contribution is 0.107. The van der Waals surface area contributed by atoms with Gasteiger partial charge < -0.3 is 14.8 Å². The van der Waals surface area contributed by atoms with Crippen molar-refractivity contribution in [2.45, 2.75) is 25.8 Å². The molecule has 1 N–H and O–H groups in total. The van der Waals surface area contributed by atoms with Crippen LogP contribution in [-0.2, 0) is 18.3 Å². The molecule has 1 aromatic carbocycles. The van der Waals surface area contributed by atoms with Gasteiger partial charge in [0.15, 0.2) is 0 Å². The van der Waals surface area contributed by atoms with E-state index < -0.39 is 0 Å². The Hall–Kier alpha value is -1.61. The number of tetrazole rings is 1. The van der Waals surface area contributed by atoms with Gasteiger partial charge in [-0.1, -0.05) is 23.7 Å². The molecule has 0 amide bonds. The molecule has 2 aromatic rings. The normalized spacial score (nSPS) is 14.0. The molecular formula is C18H30Cl2N6O2. The summed E-state index contributed by atoms with van der Waals surface area (Å²) in [5, 5.41) is 14.3. The first-order valence-corrected chi connectivity index (χ1v) is 9.29. The Morgan fingerprint density at radius 3 is 2.64 bits per heavy atom. The van der Waals surface area contributed by atoms with E-state index in [0.29, 0.717) is 32.3 Å². The minimum atomic E-state index is 0. The van der Waals surface area contributed by atoms with Gasteiger partial charge in [-0.15, -0.1) is 24.8 Å². The lowest BCUT2D eigenvalue weighted by atomic mass is 10.1. The van der Waals surface area contributed by atoms with Gasteiger partial charge in [-0.25, -0.2) is 4.68 Å². The Bertz CT molecular complexity index is 667. The standard InChI is InChI=1S/C18H28N6O2.2ClH/c1-23-18(20-21-22-23)19-8-11-25-12-13-26-17-7-5-6-16(14-17)15-24-9-3-2-4-10-24;;/h5-7,14H,2-4,8-13,15H2,1H3,(H,19,20,22);2*1H. The zero-order valence-corrected chi connectivity index (χ0v) is 17.9. The predicted octanol–water partition coefficient (Wildman–Crippen LogP) is 2.55. The Morgan fingerprint density at radius 2 is 1.89 bits per heavy atom. The highest BCUT2D eigenvalue weighted by Gasteiger charge is 2.10. The minimum Gasteiger partial charge on any atom is -0.491 e. The highest BCUT2D eigenvalue weighted by atomic mass is 35.5. The summed E-state index contributed by atoms with van der Waals surface area (Å²) in [6, 6.07) is 8.37. The van der Waals surface area contributed by atoms with Crippen LogP contribution in [0.15, 0.2) is 24.3 Å². The number of nitrogens with one attached hydrogen (secondary N) is 1. The fourth-order valence-electron chi connectivity index (χ4n) is 3.04. The number of anilines is 1. The first kappa shape index (κ1) is 24.4. The number of aromatic nitrogens is 4. The molecule has 1 aliphatic heterocycles. The summed E-state index contributed by atoms with van der Waals surface area (Å²) in [6.07, 6.45) is 4.00. The van der Waals surface area contributed by atoms with Crippen molar-refractivity contribution in [1.82, 2.24) is 25.1 Å². The molecule has 0 radical (unpaired) electrons. The van der Waals surface area contributed by atoms with Crippen LogP contribution in [-0.4, -0.2) is 64.6 Å². The van der Waals surface area contributed by atoms with Gasteiger partial charge >= 0.3 is 0 Å². The first-order chi connectivity index (χ1) is 12.8. The monoisotopic (exact) mass is 432 g/mol. The van der Waals surface area contributed by atoms with Crippen LogP contribution < -0.4 is 10.1 Å². The molecule has 28 heavy (non-hydrogen) atoms. The third kappa shape index (κ3) is 8.18. The van der Waals surface area contributed by atoms with E-state index in [9.17, 15) is 0 Å². The summed E-state index contributed by atoms with van der Waals surface area (Å²) in [7, 11) is 1.79. The number of rotatable bonds is 10. The van der Waals surface area contributed by atoms with E-state index in [1.165, 1.54) is 37.9 Å². The van der Waals surface area contributed by atoms with Crippen LogP contribution in [0, 0.1) is 0 Å². The molecule has 3 rings (SSSR count). The lowest BCUT2D eigenvalue weighted by Gasteiger charge is -2.26. The van der Waals surface area contributed by atoms with Crippen molar-refractivity contribution >= 4 is 30.8 Å². The smallest absolute Gasteiger partial charge is 0.242 e. The number of nitrogens with zero attached hydrogens (tertiary/aromatic N) is 5. The fraction of sp³-hybridized carbons (Fsp3) is 0.611.